The molecule has 0 aromatic carbocycles. The average Bonchev–Trinajstić information content (AvgIpc) is 2.81. The second kappa shape index (κ2) is 4.63. The number of nitrogens with one attached hydrogen (secondary N) is 1. The summed E-state index contributed by atoms with van der Waals surface area (Å²) in [4.78, 5) is 21.4. The van der Waals surface area contributed by atoms with Crippen LogP contribution in [0.5, 0.6) is 0 Å². The quantitative estimate of drug-likeness (QED) is 0.835. The Morgan fingerprint density at radius 3 is 2.83 bits per heavy atom. The van der Waals surface area contributed by atoms with E-state index in [1.807, 2.05) is 27.7 Å². The number of aromatic amines is 1. The molecule has 0 saturated carbocycles. The van der Waals surface area contributed by atoms with Crippen LogP contribution in [0, 0.1) is 6.92 Å². The first-order chi connectivity index (χ1) is 8.37. The van der Waals surface area contributed by atoms with Crippen LogP contribution in [0.2, 0.25) is 0 Å². The highest BCUT2D eigenvalue weighted by Gasteiger charge is 2.34. The van der Waals surface area contributed by atoms with Crippen molar-refractivity contribution in [3.63, 3.8) is 0 Å². The van der Waals surface area contributed by atoms with E-state index in [-0.39, 0.29) is 12.1 Å². The Morgan fingerprint density at radius 1 is 1.56 bits per heavy atom. The molecule has 1 aliphatic rings. The fourth-order valence-corrected chi connectivity index (χ4v) is 2.19. The van der Waals surface area contributed by atoms with Crippen molar-refractivity contribution in [3.05, 3.63) is 17.7 Å². The number of amides is 1. The minimum atomic E-state index is -0.455. The van der Waals surface area contributed by atoms with Gasteiger partial charge in [-0.2, -0.15) is 0 Å². The lowest BCUT2D eigenvalue weighted by molar-refractivity contribution is 0.0218. The van der Waals surface area contributed by atoms with E-state index in [2.05, 4.69) is 9.97 Å². The number of aromatic nitrogens is 2. The molecule has 1 aromatic heterocycles. The minimum absolute atomic E-state index is 0.0218. The molecule has 0 spiro atoms. The zero-order valence-corrected chi connectivity index (χ0v) is 11.5. The summed E-state index contributed by atoms with van der Waals surface area (Å²) in [5, 5.41) is 0. The molecule has 1 amide bonds. The number of hydrogen-bond acceptors (Lipinski definition) is 3. The van der Waals surface area contributed by atoms with Crippen LogP contribution < -0.4 is 0 Å². The maximum absolute atomic E-state index is 12.1. The number of likely N-dealkylation sites (tertiary alicyclic amines) is 1. The highest BCUT2D eigenvalue weighted by molar-refractivity contribution is 5.69. The van der Waals surface area contributed by atoms with Crippen LogP contribution in [0.15, 0.2) is 6.20 Å². The zero-order valence-electron chi connectivity index (χ0n) is 11.5. The smallest absolute Gasteiger partial charge is 0.410 e. The molecule has 5 heteroatoms. The van der Waals surface area contributed by atoms with Gasteiger partial charge in [0.25, 0.3) is 0 Å². The lowest BCUT2D eigenvalue weighted by Crippen LogP contribution is -2.36. The summed E-state index contributed by atoms with van der Waals surface area (Å²) in [7, 11) is 0. The van der Waals surface area contributed by atoms with Gasteiger partial charge >= 0.3 is 6.09 Å². The molecule has 18 heavy (non-hydrogen) atoms. The lowest BCUT2D eigenvalue weighted by atomic mass is 10.2. The monoisotopic (exact) mass is 251 g/mol. The summed E-state index contributed by atoms with van der Waals surface area (Å²) < 4.78 is 5.43. The average molecular weight is 251 g/mol. The second-order valence-corrected chi connectivity index (χ2v) is 5.78. The molecule has 0 radical (unpaired) electrons. The second-order valence-electron chi connectivity index (χ2n) is 5.78. The topological polar surface area (TPSA) is 58.2 Å². The Kier molecular flexibility index (Phi) is 3.32. The molecular formula is C13H21N3O2. The van der Waals surface area contributed by atoms with Crippen molar-refractivity contribution >= 4 is 6.09 Å². The fourth-order valence-electron chi connectivity index (χ4n) is 2.19. The van der Waals surface area contributed by atoms with Crippen molar-refractivity contribution in [2.75, 3.05) is 6.54 Å². The highest BCUT2D eigenvalue weighted by atomic mass is 16.6. The van der Waals surface area contributed by atoms with E-state index in [9.17, 15) is 4.79 Å². The molecular weight excluding hydrogens is 230 g/mol. The third kappa shape index (κ3) is 2.83. The molecule has 1 N–H and O–H groups in total. The zero-order chi connectivity index (χ0) is 13.3. The van der Waals surface area contributed by atoms with Gasteiger partial charge in [0.2, 0.25) is 0 Å². The van der Waals surface area contributed by atoms with Crippen molar-refractivity contribution in [1.82, 2.24) is 14.9 Å². The van der Waals surface area contributed by atoms with Gasteiger partial charge < -0.3 is 9.72 Å². The van der Waals surface area contributed by atoms with Crippen molar-refractivity contribution < 1.29 is 9.53 Å². The minimum Gasteiger partial charge on any atom is -0.444 e. The van der Waals surface area contributed by atoms with E-state index in [1.54, 1.807) is 11.1 Å². The molecule has 1 aliphatic heterocycles. The summed E-state index contributed by atoms with van der Waals surface area (Å²) in [5.41, 5.74) is 0.560. The molecule has 1 unspecified atom stereocenters. The van der Waals surface area contributed by atoms with E-state index >= 15 is 0 Å². The molecule has 2 rings (SSSR count). The summed E-state index contributed by atoms with van der Waals surface area (Å²) in [6.45, 7) is 8.34. The van der Waals surface area contributed by atoms with E-state index in [0.717, 1.165) is 30.9 Å². The van der Waals surface area contributed by atoms with Gasteiger partial charge in [-0.05, 0) is 40.5 Å². The molecule has 2 heterocycles. The summed E-state index contributed by atoms with van der Waals surface area (Å²) in [6.07, 6.45) is 3.47. The van der Waals surface area contributed by atoms with Crippen LogP contribution >= 0.6 is 0 Å². The third-order valence-corrected chi connectivity index (χ3v) is 2.92. The first-order valence-electron chi connectivity index (χ1n) is 6.38. The molecule has 100 valence electrons. The van der Waals surface area contributed by atoms with Crippen LogP contribution in [0.1, 0.15) is 51.2 Å². The third-order valence-electron chi connectivity index (χ3n) is 2.92. The molecule has 5 nitrogen and oxygen atoms in total. The Balaban J connectivity index is 2.10. The number of hydrogen-bond donors (Lipinski definition) is 1. The van der Waals surface area contributed by atoms with Crippen molar-refractivity contribution in [2.24, 2.45) is 0 Å². The van der Waals surface area contributed by atoms with E-state index in [1.165, 1.54) is 0 Å². The number of aryl methyl sites for hydroxylation is 1. The van der Waals surface area contributed by atoms with Crippen LogP contribution in [0.25, 0.3) is 0 Å². The van der Waals surface area contributed by atoms with Crippen LogP contribution in [-0.2, 0) is 4.74 Å². The largest absolute Gasteiger partial charge is 0.444 e. The Bertz CT molecular complexity index is 434. The molecule has 1 fully saturated rings. The molecule has 0 aliphatic carbocycles. The Hall–Kier alpha value is -1.52. The molecule has 0 bridgehead atoms. The summed E-state index contributed by atoms with van der Waals surface area (Å²) in [6, 6.07) is 0.0218. The Labute approximate surface area is 108 Å². The standard InChI is InChI=1S/C13H21N3O2/c1-9-8-14-11(15-9)10-6-5-7-16(10)12(17)18-13(2,3)4/h8,10H,5-7H2,1-4H3,(H,14,15). The molecule has 1 atom stereocenters. The number of carbonyl (C=O) groups is 1. The van der Waals surface area contributed by atoms with E-state index < -0.39 is 5.60 Å². The fraction of sp³-hybridized carbons (Fsp3) is 0.692. The number of carbonyl (C=O) groups excluding carboxylic acids is 1. The van der Waals surface area contributed by atoms with Gasteiger partial charge in [0.05, 0.1) is 6.04 Å². The Morgan fingerprint density at radius 2 is 2.28 bits per heavy atom. The molecule has 1 aromatic rings. The summed E-state index contributed by atoms with van der Waals surface area (Å²) in [5.74, 6) is 0.857. The van der Waals surface area contributed by atoms with Crippen molar-refractivity contribution in [2.45, 2.75) is 52.2 Å². The van der Waals surface area contributed by atoms with E-state index in [0.29, 0.717) is 0 Å². The van der Waals surface area contributed by atoms with Crippen LogP contribution in [-0.4, -0.2) is 33.1 Å². The van der Waals surface area contributed by atoms with Crippen molar-refractivity contribution in [1.29, 1.82) is 0 Å². The van der Waals surface area contributed by atoms with Gasteiger partial charge in [0.1, 0.15) is 11.4 Å². The first kappa shape index (κ1) is 12.9. The number of ether oxygens (including phenoxy) is 1. The number of nitrogens with zero attached hydrogens (tertiary/aromatic N) is 2. The predicted octanol–water partition coefficient (Wildman–Crippen LogP) is 2.79. The van der Waals surface area contributed by atoms with Gasteiger partial charge in [0, 0.05) is 18.4 Å². The van der Waals surface area contributed by atoms with Gasteiger partial charge in [-0.3, -0.25) is 4.90 Å². The van der Waals surface area contributed by atoms with Crippen molar-refractivity contribution in [3.8, 4) is 0 Å². The number of imidazole rings is 1. The van der Waals surface area contributed by atoms with Gasteiger partial charge in [0.15, 0.2) is 0 Å². The molecule has 1 saturated heterocycles. The highest BCUT2D eigenvalue weighted by Crippen LogP contribution is 2.31. The predicted molar refractivity (Wildman–Crippen MR) is 68.2 cm³/mol. The summed E-state index contributed by atoms with van der Waals surface area (Å²) >= 11 is 0. The normalized spacial score (nSPS) is 20.2. The lowest BCUT2D eigenvalue weighted by Gasteiger charge is -2.27. The maximum atomic E-state index is 12.1. The van der Waals surface area contributed by atoms with Crippen LogP contribution in [0.3, 0.4) is 0 Å². The van der Waals surface area contributed by atoms with Gasteiger partial charge in [-0.15, -0.1) is 0 Å². The van der Waals surface area contributed by atoms with E-state index in [4.69, 9.17) is 4.74 Å². The number of rotatable bonds is 1. The van der Waals surface area contributed by atoms with Gasteiger partial charge in [-0.1, -0.05) is 0 Å². The van der Waals surface area contributed by atoms with Crippen LogP contribution in [0.4, 0.5) is 4.79 Å². The maximum Gasteiger partial charge on any atom is 0.410 e. The van der Waals surface area contributed by atoms with Gasteiger partial charge in [-0.25, -0.2) is 9.78 Å². The first-order valence-corrected chi connectivity index (χ1v) is 6.38. The number of H-pyrrole nitrogens is 1. The SMILES string of the molecule is Cc1cnc(C2CCCN2C(=O)OC(C)(C)C)[nH]1.